The van der Waals surface area contributed by atoms with Gasteiger partial charge in [0.2, 0.25) is 10.0 Å². The Morgan fingerprint density at radius 2 is 1.76 bits per heavy atom. The molecular weight excluding hydrogens is 438 g/mol. The van der Waals surface area contributed by atoms with Crippen LogP contribution in [0.2, 0.25) is 0 Å². The number of rotatable bonds is 5. The van der Waals surface area contributed by atoms with E-state index in [9.17, 15) is 13.2 Å². The molecule has 1 saturated heterocycles. The first-order chi connectivity index (χ1) is 15.9. The predicted octanol–water partition coefficient (Wildman–Crippen LogP) is 3.77. The summed E-state index contributed by atoms with van der Waals surface area (Å²) in [6.07, 6.45) is 2.81. The van der Waals surface area contributed by atoms with E-state index in [1.165, 1.54) is 0 Å². The predicted molar refractivity (Wildman–Crippen MR) is 129 cm³/mol. The highest BCUT2D eigenvalue weighted by Gasteiger charge is 2.32. The van der Waals surface area contributed by atoms with Crippen LogP contribution in [-0.2, 0) is 22.9 Å². The van der Waals surface area contributed by atoms with Crippen LogP contribution in [-0.4, -0.2) is 56.8 Å². The molecule has 1 aromatic heterocycles. The maximum absolute atomic E-state index is 13.7. The zero-order chi connectivity index (χ0) is 23.2. The zero-order valence-electron chi connectivity index (χ0n) is 19.1. The fourth-order valence-corrected chi connectivity index (χ4v) is 6.74. The highest BCUT2D eigenvalue weighted by atomic mass is 32.2. The van der Waals surface area contributed by atoms with E-state index in [1.54, 1.807) is 17.5 Å². The smallest absolute Gasteiger partial charge is 0.243 e. The minimum Gasteiger partial charge on any atom is -0.497 e. The average Bonchev–Trinajstić information content (AvgIpc) is 3.22. The monoisotopic (exact) mass is 467 g/mol. The normalized spacial score (nSPS) is 17.4. The molecule has 0 radical (unpaired) electrons. The number of H-pyrrole nitrogens is 1. The van der Waals surface area contributed by atoms with Crippen molar-refractivity contribution in [2.45, 2.75) is 37.5 Å². The maximum Gasteiger partial charge on any atom is 0.243 e. The van der Waals surface area contributed by atoms with Gasteiger partial charge in [-0.15, -0.1) is 0 Å². The van der Waals surface area contributed by atoms with Gasteiger partial charge in [-0.1, -0.05) is 6.92 Å². The molecule has 2 heterocycles. The van der Waals surface area contributed by atoms with Gasteiger partial charge >= 0.3 is 0 Å². The van der Waals surface area contributed by atoms with E-state index in [-0.39, 0.29) is 5.78 Å². The number of nitrogens with zero attached hydrogens (tertiary/aromatic N) is 2. The summed E-state index contributed by atoms with van der Waals surface area (Å²) in [6, 6.07) is 11.5. The summed E-state index contributed by atoms with van der Waals surface area (Å²) in [4.78, 5) is 18.4. The first-order valence-corrected chi connectivity index (χ1v) is 13.0. The van der Waals surface area contributed by atoms with Crippen LogP contribution in [0.25, 0.3) is 10.9 Å². The number of aromatic amines is 1. The quantitative estimate of drug-likeness (QED) is 0.618. The summed E-state index contributed by atoms with van der Waals surface area (Å²) in [5.74, 6) is 0.949. The molecule has 2 aliphatic rings. The van der Waals surface area contributed by atoms with E-state index < -0.39 is 10.0 Å². The Hall–Kier alpha value is -2.84. The molecule has 33 heavy (non-hydrogen) atoms. The highest BCUT2D eigenvalue weighted by Crippen LogP contribution is 2.34. The van der Waals surface area contributed by atoms with E-state index in [2.05, 4.69) is 9.88 Å². The number of piperazine rings is 1. The van der Waals surface area contributed by atoms with Crippen LogP contribution in [0.15, 0.2) is 41.3 Å². The third-order valence-electron chi connectivity index (χ3n) is 6.84. The van der Waals surface area contributed by atoms with Gasteiger partial charge in [-0.2, -0.15) is 4.31 Å². The molecule has 2 aromatic carbocycles. The third kappa shape index (κ3) is 3.81. The van der Waals surface area contributed by atoms with Gasteiger partial charge < -0.3 is 14.6 Å². The molecule has 0 atom stereocenters. The zero-order valence-corrected chi connectivity index (χ0v) is 19.9. The summed E-state index contributed by atoms with van der Waals surface area (Å²) in [7, 11) is -2.01. The van der Waals surface area contributed by atoms with Crippen LogP contribution in [0.4, 0.5) is 5.69 Å². The molecule has 7 nitrogen and oxygen atoms in total. The SMILES string of the molecule is CCc1cc2c3c([nH]c2cc1S(=O)(=O)N1CCN(c2ccc(OC)cc2)CC1)CCCC3=O. The number of ether oxygens (including phenoxy) is 1. The number of nitrogens with one attached hydrogen (secondary N) is 1. The van der Waals surface area contributed by atoms with Gasteiger partial charge in [0.1, 0.15) is 5.75 Å². The number of hydrogen-bond acceptors (Lipinski definition) is 5. The summed E-state index contributed by atoms with van der Waals surface area (Å²) in [5, 5.41) is 0.856. The number of carbonyl (C=O) groups excluding carboxylic acids is 1. The Morgan fingerprint density at radius 1 is 1.03 bits per heavy atom. The molecule has 0 bridgehead atoms. The first kappa shape index (κ1) is 22.0. The summed E-state index contributed by atoms with van der Waals surface area (Å²) in [6.45, 7) is 4.06. The Kier molecular flexibility index (Phi) is 5.66. The topological polar surface area (TPSA) is 82.7 Å². The van der Waals surface area contributed by atoms with Crippen molar-refractivity contribution in [2.75, 3.05) is 38.2 Å². The lowest BCUT2D eigenvalue weighted by Gasteiger charge is -2.35. The Labute approximate surface area is 194 Å². The molecule has 0 spiro atoms. The number of fused-ring (bicyclic) bond motifs is 3. The lowest BCUT2D eigenvalue weighted by atomic mass is 9.94. The lowest BCUT2D eigenvalue weighted by molar-refractivity contribution is 0.0974. The lowest BCUT2D eigenvalue weighted by Crippen LogP contribution is -2.48. The fourth-order valence-electron chi connectivity index (χ4n) is 5.01. The van der Waals surface area contributed by atoms with Crippen molar-refractivity contribution in [1.82, 2.24) is 9.29 Å². The molecule has 1 fully saturated rings. The standard InChI is InChI=1S/C25H29N3O4S/c1-3-17-15-20-22(26-21-5-4-6-23(29)25(20)21)16-24(17)33(30,31)28-13-11-27(12-14-28)18-7-9-19(32-2)10-8-18/h7-10,15-16,26H,3-6,11-14H2,1-2H3. The number of Topliss-reactive ketones (excluding diaryl/α,β-unsaturated/α-hetero) is 1. The van der Waals surface area contributed by atoms with Crippen LogP contribution in [0.5, 0.6) is 5.75 Å². The van der Waals surface area contributed by atoms with Crippen molar-refractivity contribution >= 4 is 32.4 Å². The Morgan fingerprint density at radius 3 is 2.42 bits per heavy atom. The Balaban J connectivity index is 1.42. The number of hydrogen-bond donors (Lipinski definition) is 1. The van der Waals surface area contributed by atoms with Crippen LogP contribution in [0, 0.1) is 0 Å². The number of anilines is 1. The third-order valence-corrected chi connectivity index (χ3v) is 8.82. The fraction of sp³-hybridized carbons (Fsp3) is 0.400. The molecule has 1 N–H and O–H groups in total. The van der Waals surface area contributed by atoms with E-state index >= 15 is 0 Å². The van der Waals surface area contributed by atoms with E-state index in [1.807, 2.05) is 37.3 Å². The number of aromatic nitrogens is 1. The minimum absolute atomic E-state index is 0.148. The van der Waals surface area contributed by atoms with Crippen molar-refractivity contribution in [3.8, 4) is 5.75 Å². The van der Waals surface area contributed by atoms with Crippen LogP contribution in [0.1, 0.15) is 41.4 Å². The Bertz CT molecular complexity index is 1300. The van der Waals surface area contributed by atoms with E-state index in [0.717, 1.165) is 52.0 Å². The van der Waals surface area contributed by atoms with Gasteiger partial charge in [0, 0.05) is 60.4 Å². The van der Waals surface area contributed by atoms with Crippen LogP contribution < -0.4 is 9.64 Å². The van der Waals surface area contributed by atoms with Gasteiger partial charge in [0.15, 0.2) is 5.78 Å². The molecule has 3 aromatic rings. The number of aryl methyl sites for hydroxylation is 2. The van der Waals surface area contributed by atoms with Crippen molar-refractivity contribution in [3.05, 3.63) is 53.2 Å². The van der Waals surface area contributed by atoms with Gasteiger partial charge in [-0.25, -0.2) is 8.42 Å². The van der Waals surface area contributed by atoms with Gasteiger partial charge in [0.05, 0.1) is 12.0 Å². The van der Waals surface area contributed by atoms with Crippen LogP contribution in [0.3, 0.4) is 0 Å². The summed E-state index contributed by atoms with van der Waals surface area (Å²) >= 11 is 0. The molecule has 5 rings (SSSR count). The molecule has 0 saturated carbocycles. The van der Waals surface area contributed by atoms with Crippen molar-refractivity contribution in [3.63, 3.8) is 0 Å². The molecule has 8 heteroatoms. The second-order valence-electron chi connectivity index (χ2n) is 8.70. The minimum atomic E-state index is -3.65. The average molecular weight is 468 g/mol. The van der Waals surface area contributed by atoms with Crippen molar-refractivity contribution in [1.29, 1.82) is 0 Å². The van der Waals surface area contributed by atoms with Crippen molar-refractivity contribution in [2.24, 2.45) is 0 Å². The van der Waals surface area contributed by atoms with Crippen LogP contribution >= 0.6 is 0 Å². The number of benzene rings is 2. The number of methoxy groups -OCH3 is 1. The maximum atomic E-state index is 13.7. The molecule has 1 aliphatic carbocycles. The summed E-state index contributed by atoms with van der Waals surface area (Å²) in [5.41, 5.74) is 4.25. The largest absolute Gasteiger partial charge is 0.497 e. The van der Waals surface area contributed by atoms with E-state index in [0.29, 0.717) is 43.9 Å². The number of ketones is 1. The molecule has 1 aliphatic heterocycles. The number of carbonyl (C=O) groups is 1. The molecule has 0 amide bonds. The van der Waals surface area contributed by atoms with Gasteiger partial charge in [-0.05, 0) is 61.2 Å². The second-order valence-corrected chi connectivity index (χ2v) is 10.6. The molecule has 174 valence electrons. The van der Waals surface area contributed by atoms with Gasteiger partial charge in [-0.3, -0.25) is 4.79 Å². The highest BCUT2D eigenvalue weighted by molar-refractivity contribution is 7.89. The summed E-state index contributed by atoms with van der Waals surface area (Å²) < 4.78 is 34.1. The van der Waals surface area contributed by atoms with Gasteiger partial charge in [0.25, 0.3) is 0 Å². The molecular formula is C25H29N3O4S. The number of sulfonamides is 1. The van der Waals surface area contributed by atoms with Crippen molar-refractivity contribution < 1.29 is 17.9 Å². The molecule has 0 unspecified atom stereocenters. The second kappa shape index (κ2) is 8.50. The van der Waals surface area contributed by atoms with E-state index in [4.69, 9.17) is 4.74 Å². The first-order valence-electron chi connectivity index (χ1n) is 11.5.